The molecule has 0 bridgehead atoms. The molecule has 5 heterocycles. The van der Waals surface area contributed by atoms with Crippen molar-refractivity contribution in [1.82, 2.24) is 10.6 Å². The number of ether oxygens (including phenoxy) is 7. The lowest BCUT2D eigenvalue weighted by atomic mass is 10.2. The smallest absolute Gasteiger partial charge is 0.414 e. The van der Waals surface area contributed by atoms with E-state index in [9.17, 15) is 28.0 Å². The molecule has 0 saturated carbocycles. The van der Waals surface area contributed by atoms with Crippen LogP contribution in [0.15, 0.2) is 97.8 Å². The van der Waals surface area contributed by atoms with Crippen molar-refractivity contribution in [2.75, 3.05) is 120 Å². The van der Waals surface area contributed by atoms with E-state index in [1.54, 1.807) is 45.4 Å². The minimum atomic E-state index is -1.66. The van der Waals surface area contributed by atoms with Gasteiger partial charge < -0.3 is 58.5 Å². The SMILES string of the molecule is C=COO.CC(=S)NC[C@H]1CN(c2ccc(N3CCOCC3)c(F)c2)C(=O)O1.COC(=O)CC(=O)NC[C@H]1CN(c2ccc(N3CCOCC3)c(F)c2)C(=O)O1.COc1ccc(P2(=S)SP(=S)(c3ccc(OC)cc3)S2)cc1. The summed E-state index contributed by atoms with van der Waals surface area (Å²) in [5.74, 6) is -0.243. The highest BCUT2D eigenvalue weighted by molar-refractivity contribution is 9.48. The van der Waals surface area contributed by atoms with E-state index in [0.29, 0.717) is 93.4 Å². The maximum absolute atomic E-state index is 14.6. The summed E-state index contributed by atoms with van der Waals surface area (Å²) in [6.07, 6.45) is -1.48. The number of nitrogens with one attached hydrogen (secondary N) is 2. The molecule has 2 atom stereocenters. The summed E-state index contributed by atoms with van der Waals surface area (Å²) in [7, 11) is 4.53. The number of carbonyl (C=O) groups excluding carboxylic acids is 4. The number of amides is 3. The second kappa shape index (κ2) is 29.8. The summed E-state index contributed by atoms with van der Waals surface area (Å²) in [6, 6.07) is 25.6. The molecular formula is C50H60F2N6O13P2S5. The van der Waals surface area contributed by atoms with Crippen LogP contribution in [0, 0.1) is 11.6 Å². The fourth-order valence-electron chi connectivity index (χ4n) is 7.88. The Morgan fingerprint density at radius 2 is 1.12 bits per heavy atom. The van der Waals surface area contributed by atoms with E-state index in [-0.39, 0.29) is 25.0 Å². The molecule has 5 aliphatic rings. The molecule has 5 fully saturated rings. The molecule has 0 aliphatic carbocycles. The van der Waals surface area contributed by atoms with E-state index < -0.39 is 51.3 Å². The molecule has 19 nitrogen and oxygen atoms in total. The van der Waals surface area contributed by atoms with Crippen molar-refractivity contribution >= 4 is 129 Å². The van der Waals surface area contributed by atoms with Crippen molar-refractivity contribution in [3.8, 4) is 11.5 Å². The van der Waals surface area contributed by atoms with Gasteiger partial charge in [-0.25, -0.2) is 23.6 Å². The summed E-state index contributed by atoms with van der Waals surface area (Å²) in [4.78, 5) is 57.3. The van der Waals surface area contributed by atoms with Crippen molar-refractivity contribution in [3.63, 3.8) is 0 Å². The second-order valence-electron chi connectivity index (χ2n) is 17.0. The van der Waals surface area contributed by atoms with Gasteiger partial charge in [0.05, 0.1) is 111 Å². The summed E-state index contributed by atoms with van der Waals surface area (Å²) in [6.45, 7) is 10.6. The fourth-order valence-corrected chi connectivity index (χ4v) is 50.2. The second-order valence-corrected chi connectivity index (χ2v) is 38.9. The minimum Gasteiger partial charge on any atom is -0.497 e. The number of esters is 1. The molecule has 4 aromatic carbocycles. The van der Waals surface area contributed by atoms with Gasteiger partial charge in [-0.05, 0) is 91.9 Å². The summed E-state index contributed by atoms with van der Waals surface area (Å²) >= 11 is 20.5. The molecule has 0 aromatic heterocycles. The number of rotatable bonds is 15. The number of morpholine rings is 2. The number of anilines is 4. The predicted molar refractivity (Wildman–Crippen MR) is 313 cm³/mol. The quantitative estimate of drug-likeness (QED) is 0.0151. The Labute approximate surface area is 474 Å². The number of nitrogens with zero attached hydrogens (tertiary/aromatic N) is 4. The molecule has 5 aliphatic heterocycles. The highest BCUT2D eigenvalue weighted by Gasteiger charge is 2.46. The molecule has 422 valence electrons. The molecule has 0 unspecified atom stereocenters. The highest BCUT2D eigenvalue weighted by atomic mass is 33.7. The van der Waals surface area contributed by atoms with Gasteiger partial charge in [0.2, 0.25) is 5.91 Å². The van der Waals surface area contributed by atoms with Gasteiger partial charge in [0.1, 0.15) is 48.0 Å². The Balaban J connectivity index is 0.000000184. The number of cyclic esters (lactones) is 2. The van der Waals surface area contributed by atoms with Crippen molar-refractivity contribution < 1.29 is 71.3 Å². The van der Waals surface area contributed by atoms with Gasteiger partial charge in [-0.2, -0.15) is 0 Å². The Hall–Kier alpha value is -5.27. The van der Waals surface area contributed by atoms with Crippen LogP contribution in [0.2, 0.25) is 0 Å². The molecule has 5 saturated heterocycles. The normalized spacial score (nSPS) is 21.3. The lowest BCUT2D eigenvalue weighted by Crippen LogP contribution is -2.37. The number of methoxy groups -OCH3 is 3. The van der Waals surface area contributed by atoms with Crippen LogP contribution in [-0.4, -0.2) is 147 Å². The third-order valence-corrected chi connectivity index (χ3v) is 43.2. The average Bonchev–Trinajstić information content (AvgIpc) is 4.08. The number of carbonyl (C=O) groups is 4. The molecule has 9 rings (SSSR count). The maximum atomic E-state index is 14.6. The fraction of sp³-hybridized carbons (Fsp3) is 0.380. The Morgan fingerprint density at radius 3 is 1.46 bits per heavy atom. The zero-order chi connectivity index (χ0) is 56.4. The summed E-state index contributed by atoms with van der Waals surface area (Å²) < 4.78 is 61.6. The Bertz CT molecular complexity index is 2760. The Kier molecular flexibility index (Phi) is 23.7. The average molecular weight is 1210 g/mol. The molecule has 0 spiro atoms. The zero-order valence-corrected chi connectivity index (χ0v) is 48.9. The molecular weight excluding hydrogens is 1150 g/mol. The van der Waals surface area contributed by atoms with Crippen LogP contribution in [0.4, 0.5) is 41.1 Å². The van der Waals surface area contributed by atoms with Crippen molar-refractivity contribution in [2.45, 2.75) is 25.6 Å². The van der Waals surface area contributed by atoms with Crippen LogP contribution in [-0.2, 0) is 61.8 Å². The van der Waals surface area contributed by atoms with E-state index in [0.717, 1.165) is 17.8 Å². The van der Waals surface area contributed by atoms with Crippen molar-refractivity contribution in [3.05, 3.63) is 109 Å². The van der Waals surface area contributed by atoms with Gasteiger partial charge in [0.15, 0.2) is 0 Å². The highest BCUT2D eigenvalue weighted by Crippen LogP contribution is 3.04. The van der Waals surface area contributed by atoms with Gasteiger partial charge in [0.25, 0.3) is 0 Å². The topological polar surface area (TPSA) is 199 Å². The minimum absolute atomic E-state index is 0.0480. The van der Waals surface area contributed by atoms with Gasteiger partial charge >= 0.3 is 18.2 Å². The van der Waals surface area contributed by atoms with Gasteiger partial charge in [-0.15, -0.1) is 0 Å². The van der Waals surface area contributed by atoms with Gasteiger partial charge in [0, 0.05) is 36.8 Å². The maximum Gasteiger partial charge on any atom is 0.414 e. The number of thiocarbonyl (C=S) groups is 1. The number of hydrogen-bond donors (Lipinski definition) is 3. The number of halogens is 2. The molecule has 3 amide bonds. The first kappa shape index (κ1) is 61.9. The van der Waals surface area contributed by atoms with Crippen molar-refractivity contribution in [2.24, 2.45) is 0 Å². The first-order valence-corrected chi connectivity index (χ1v) is 34.1. The molecule has 4 aromatic rings. The molecule has 3 N–H and O–H groups in total. The Morgan fingerprint density at radius 1 is 0.718 bits per heavy atom. The molecule has 0 radical (unpaired) electrons. The van der Waals surface area contributed by atoms with E-state index in [2.05, 4.69) is 51.1 Å². The first-order chi connectivity index (χ1) is 37.4. The summed E-state index contributed by atoms with van der Waals surface area (Å²) in [5, 5.41) is 15.2. The third-order valence-electron chi connectivity index (χ3n) is 11.9. The van der Waals surface area contributed by atoms with E-state index in [4.69, 9.17) is 69.5 Å². The predicted octanol–water partition coefficient (Wildman–Crippen LogP) is 7.96. The van der Waals surface area contributed by atoms with Gasteiger partial charge in [-0.3, -0.25) is 19.4 Å². The lowest BCUT2D eigenvalue weighted by molar-refractivity contribution is -0.186. The van der Waals surface area contributed by atoms with E-state index in [1.807, 2.05) is 56.1 Å². The van der Waals surface area contributed by atoms with Gasteiger partial charge in [-0.1, -0.05) is 64.4 Å². The number of hydrogen-bond acceptors (Lipinski definition) is 20. The van der Waals surface area contributed by atoms with Crippen LogP contribution in [0.3, 0.4) is 0 Å². The van der Waals surface area contributed by atoms with Crippen LogP contribution in [0.5, 0.6) is 11.5 Å². The van der Waals surface area contributed by atoms with Crippen LogP contribution >= 0.6 is 43.1 Å². The third kappa shape index (κ3) is 17.1. The molecule has 28 heteroatoms. The monoisotopic (exact) mass is 1210 g/mol. The van der Waals surface area contributed by atoms with Crippen LogP contribution in [0.25, 0.3) is 0 Å². The van der Waals surface area contributed by atoms with E-state index in [1.165, 1.54) is 39.7 Å². The lowest BCUT2D eigenvalue weighted by Gasteiger charge is -2.40. The number of benzene rings is 4. The van der Waals surface area contributed by atoms with Crippen molar-refractivity contribution in [1.29, 1.82) is 0 Å². The largest absolute Gasteiger partial charge is 0.497 e. The van der Waals surface area contributed by atoms with E-state index >= 15 is 0 Å². The molecule has 78 heavy (non-hydrogen) atoms. The zero-order valence-electron chi connectivity index (χ0n) is 43.0. The standard InChI is InChI=1S/C18H22FN3O6.C16H20FN3O3S.C14H14O2P2S4.C2H4O2/c1-26-17(24)9-16(23)20-10-13-11-22(18(25)28-13)12-2-3-15(14(19)8-12)21-4-6-27-7-5-21;1-11(24)18-9-13-10-20(16(21)23-13)12-2-3-15(14(17)8-12)19-4-6-22-7-5-19;1-15-11-3-7-13(8-4-11)17(19)21-18(20,22-17)14-9-5-12(16-2)6-10-14;1-2-4-3/h2-3,8,13H,4-7,9-11H2,1H3,(H,20,23);2-3,8,13H,4-7,9-10H2,1H3,(H,18,24);3-10H,1-2H3;2-3H,1H2/t2*13-;;/m00../s1. The van der Waals surface area contributed by atoms with Crippen LogP contribution < -0.4 is 50.3 Å². The first-order valence-electron chi connectivity index (χ1n) is 24.0. The van der Waals surface area contributed by atoms with Crippen LogP contribution in [0.1, 0.15) is 13.3 Å². The summed E-state index contributed by atoms with van der Waals surface area (Å²) in [5.41, 5.74) is 1.87.